The maximum absolute atomic E-state index is 6.14. The van der Waals surface area contributed by atoms with Gasteiger partial charge >= 0.3 is 30.0 Å². The van der Waals surface area contributed by atoms with Gasteiger partial charge in [0.05, 0.1) is 6.61 Å². The molecule has 1 nitrogen and oxygen atoms in total. The first kappa shape index (κ1) is 21.1. The zero-order valence-corrected chi connectivity index (χ0v) is 19.3. The molecule has 3 heteroatoms. The zero-order valence-electron chi connectivity index (χ0n) is 14.8. The van der Waals surface area contributed by atoms with E-state index < -0.39 is 0 Å². The summed E-state index contributed by atoms with van der Waals surface area (Å²) in [6.45, 7) is 16.4. The fourth-order valence-electron chi connectivity index (χ4n) is 2.07. The van der Waals surface area contributed by atoms with E-state index in [4.69, 9.17) is 4.74 Å². The standard InChI is InChI=1S/C18H29O.BrH.Zn/c1-8-9-13-19-16-14(17(2,3)4)11-10-12-15(16)18(5,6)7;;/h11-12H,8-9,13H2,1-7H3;1H;/q-1;;+2/p-1. The molecule has 0 unspecified atom stereocenters. The fourth-order valence-corrected chi connectivity index (χ4v) is 2.07. The molecule has 0 heterocycles. The Kier molecular flexibility index (Phi) is 9.36. The molecule has 0 radical (unpaired) electrons. The van der Waals surface area contributed by atoms with Crippen LogP contribution in [0.2, 0.25) is 0 Å². The van der Waals surface area contributed by atoms with Gasteiger partial charge in [-0.25, -0.2) is 0 Å². The van der Waals surface area contributed by atoms with E-state index in [0.717, 1.165) is 25.2 Å². The van der Waals surface area contributed by atoms with Crippen LogP contribution in [0.3, 0.4) is 0 Å². The van der Waals surface area contributed by atoms with Gasteiger partial charge in [-0.2, -0.15) is 18.2 Å². The van der Waals surface area contributed by atoms with Gasteiger partial charge in [-0.05, 0) is 6.42 Å². The van der Waals surface area contributed by atoms with Crippen molar-refractivity contribution in [3.05, 3.63) is 29.3 Å². The topological polar surface area (TPSA) is 9.23 Å². The summed E-state index contributed by atoms with van der Waals surface area (Å²) in [5, 5.41) is 0. The first-order valence-corrected chi connectivity index (χ1v) is 14.6. The van der Waals surface area contributed by atoms with E-state index in [1.165, 1.54) is 27.5 Å². The Morgan fingerprint density at radius 3 is 1.76 bits per heavy atom. The summed E-state index contributed by atoms with van der Waals surface area (Å²) < 4.78 is 6.14. The Hall–Kier alpha value is 0.123. The number of rotatable bonds is 4. The van der Waals surface area contributed by atoms with Gasteiger partial charge in [-0.1, -0.05) is 65.7 Å². The Morgan fingerprint density at radius 2 is 1.43 bits per heavy atom. The molecule has 0 aliphatic carbocycles. The van der Waals surface area contributed by atoms with Crippen molar-refractivity contribution in [1.82, 2.24) is 0 Å². The van der Waals surface area contributed by atoms with Crippen LogP contribution >= 0.6 is 13.6 Å². The third-order valence-electron chi connectivity index (χ3n) is 3.30. The van der Waals surface area contributed by atoms with Gasteiger partial charge in [-0.3, -0.25) is 0 Å². The number of hydrogen-bond acceptors (Lipinski definition) is 1. The Bertz CT molecular complexity index is 384. The molecule has 1 aromatic rings. The summed E-state index contributed by atoms with van der Waals surface area (Å²) >= 11 is 4.25. The molecular weight excluding hydrogens is 377 g/mol. The molecule has 1 rings (SSSR count). The first-order valence-electron chi connectivity index (χ1n) is 7.62. The third-order valence-corrected chi connectivity index (χ3v) is 3.30. The molecule has 1 aromatic carbocycles. The molecule has 0 spiro atoms. The number of benzene rings is 1. The Morgan fingerprint density at radius 1 is 1.00 bits per heavy atom. The normalized spacial score (nSPS) is 11.7. The molecule has 0 atom stereocenters. The molecule has 0 saturated heterocycles. The van der Waals surface area contributed by atoms with Crippen molar-refractivity contribution in [2.24, 2.45) is 0 Å². The molecular formula is C18H29BrOZn. The molecule has 21 heavy (non-hydrogen) atoms. The quantitative estimate of drug-likeness (QED) is 0.333. The van der Waals surface area contributed by atoms with Crippen LogP contribution in [0.1, 0.15) is 72.4 Å². The van der Waals surface area contributed by atoms with Crippen LogP contribution in [-0.2, 0) is 27.2 Å². The second-order valence-electron chi connectivity index (χ2n) is 7.31. The van der Waals surface area contributed by atoms with Gasteiger partial charge in [0.15, 0.2) is 0 Å². The van der Waals surface area contributed by atoms with Crippen molar-refractivity contribution in [1.29, 1.82) is 0 Å². The van der Waals surface area contributed by atoms with E-state index in [1.807, 2.05) is 0 Å². The van der Waals surface area contributed by atoms with E-state index in [9.17, 15) is 0 Å². The van der Waals surface area contributed by atoms with Gasteiger partial charge in [0.2, 0.25) is 0 Å². The maximum atomic E-state index is 6.14. The van der Waals surface area contributed by atoms with Gasteiger partial charge in [0.1, 0.15) is 0 Å². The molecule has 0 amide bonds. The minimum atomic E-state index is 0.0826. The Labute approximate surface area is 148 Å². The monoisotopic (exact) mass is 404 g/mol. The average molecular weight is 407 g/mol. The van der Waals surface area contributed by atoms with Crippen LogP contribution in [-0.4, -0.2) is 6.61 Å². The van der Waals surface area contributed by atoms with Gasteiger partial charge in [-0.15, -0.1) is 11.1 Å². The van der Waals surface area contributed by atoms with Crippen LogP contribution in [0.15, 0.2) is 12.1 Å². The number of unbranched alkanes of at least 4 members (excludes halogenated alkanes) is 1. The Balaban J connectivity index is 0.00000191. The van der Waals surface area contributed by atoms with E-state index in [0.29, 0.717) is 0 Å². The van der Waals surface area contributed by atoms with Crippen molar-refractivity contribution in [3.63, 3.8) is 0 Å². The van der Waals surface area contributed by atoms with Crippen molar-refractivity contribution in [3.8, 4) is 5.75 Å². The number of hydrogen-bond donors (Lipinski definition) is 0. The molecule has 0 aliphatic rings. The van der Waals surface area contributed by atoms with Crippen molar-refractivity contribution >= 4 is 13.6 Å². The summed E-state index contributed by atoms with van der Waals surface area (Å²) in [4.78, 5) is 0. The molecule has 0 fully saturated rings. The molecule has 0 saturated carbocycles. The predicted molar refractivity (Wildman–Crippen MR) is 92.0 cm³/mol. The summed E-state index contributed by atoms with van der Waals surface area (Å²) in [7, 11) is 0. The molecule has 0 bridgehead atoms. The second kappa shape index (κ2) is 9.30. The molecule has 116 valence electrons. The summed E-state index contributed by atoms with van der Waals surface area (Å²) in [5.41, 5.74) is 2.69. The summed E-state index contributed by atoms with van der Waals surface area (Å²) in [6.07, 6.45) is 2.26. The zero-order chi connectivity index (χ0) is 16.7. The van der Waals surface area contributed by atoms with Crippen LogP contribution in [0, 0.1) is 6.07 Å². The summed E-state index contributed by atoms with van der Waals surface area (Å²) in [5.74, 6) is 1.08. The average Bonchev–Trinajstić information content (AvgIpc) is 2.39. The van der Waals surface area contributed by atoms with Crippen molar-refractivity contribution in [2.75, 3.05) is 6.61 Å². The van der Waals surface area contributed by atoms with Gasteiger partial charge in [0, 0.05) is 5.75 Å². The summed E-state index contributed by atoms with van der Waals surface area (Å²) in [6, 6.07) is 7.45. The third kappa shape index (κ3) is 6.82. The molecule has 0 aromatic heterocycles. The van der Waals surface area contributed by atoms with Gasteiger partial charge in [0.25, 0.3) is 0 Å². The number of ether oxygens (including phenoxy) is 1. The van der Waals surface area contributed by atoms with Crippen LogP contribution in [0.4, 0.5) is 0 Å². The van der Waals surface area contributed by atoms with E-state index in [-0.39, 0.29) is 10.8 Å². The van der Waals surface area contributed by atoms with E-state index >= 15 is 0 Å². The molecule has 0 aliphatic heterocycles. The van der Waals surface area contributed by atoms with Crippen LogP contribution in [0.25, 0.3) is 0 Å². The van der Waals surface area contributed by atoms with E-state index in [2.05, 4.69) is 80.3 Å². The molecule has 0 N–H and O–H groups in total. The first-order chi connectivity index (χ1) is 9.68. The van der Waals surface area contributed by atoms with Crippen LogP contribution < -0.4 is 4.74 Å². The fraction of sp³-hybridized carbons (Fsp3) is 0.667. The van der Waals surface area contributed by atoms with Gasteiger partial charge < -0.3 is 4.74 Å². The minimum absolute atomic E-state index is 0.0826. The van der Waals surface area contributed by atoms with Crippen molar-refractivity contribution in [2.45, 2.75) is 72.1 Å². The predicted octanol–water partition coefficient (Wildman–Crippen LogP) is 6.10. The SMILES string of the molecule is CCCCOc1c(C(C)(C)C)c[c-]cc1C(C)(C)C.[Zn+][Br]. The van der Waals surface area contributed by atoms with Crippen LogP contribution in [0.5, 0.6) is 5.75 Å². The number of halogens is 1. The van der Waals surface area contributed by atoms with Crippen molar-refractivity contribution < 1.29 is 21.1 Å². The van der Waals surface area contributed by atoms with E-state index in [1.54, 1.807) is 0 Å². The second-order valence-corrected chi connectivity index (χ2v) is 7.31.